The van der Waals surface area contributed by atoms with E-state index in [4.69, 9.17) is 24.9 Å². The highest BCUT2D eigenvalue weighted by molar-refractivity contribution is 5.79. The van der Waals surface area contributed by atoms with Crippen LogP contribution >= 0.6 is 0 Å². The van der Waals surface area contributed by atoms with Gasteiger partial charge in [-0.25, -0.2) is 24.9 Å². The molecule has 0 bridgehead atoms. The smallest absolute Gasteiger partial charge is 0.164 e. The minimum absolute atomic E-state index is 0.613. The lowest BCUT2D eigenvalue weighted by molar-refractivity contribution is 1.07. The van der Waals surface area contributed by atoms with Gasteiger partial charge in [-0.2, -0.15) is 0 Å². The predicted molar refractivity (Wildman–Crippen MR) is 244 cm³/mol. The summed E-state index contributed by atoms with van der Waals surface area (Å²) in [6, 6.07) is 77.0. The summed E-state index contributed by atoms with van der Waals surface area (Å²) in [4.78, 5) is 25.3. The summed E-state index contributed by atoms with van der Waals surface area (Å²) in [6.45, 7) is 0. The molecule has 0 radical (unpaired) electrons. The van der Waals surface area contributed by atoms with Gasteiger partial charge in [0, 0.05) is 33.4 Å². The van der Waals surface area contributed by atoms with Gasteiger partial charge in [0.15, 0.2) is 23.3 Å². The number of hydrogen-bond acceptors (Lipinski definition) is 5. The molecule has 0 atom stereocenters. The van der Waals surface area contributed by atoms with Gasteiger partial charge in [0.1, 0.15) is 0 Å². The van der Waals surface area contributed by atoms with Gasteiger partial charge in [-0.05, 0) is 63.7 Å². The van der Waals surface area contributed by atoms with Crippen LogP contribution in [-0.4, -0.2) is 24.9 Å². The van der Waals surface area contributed by atoms with Crippen molar-refractivity contribution in [2.45, 2.75) is 0 Å². The SMILES string of the molecule is c1ccc(-c2cccc(-c3nc(-c4ccccc4)nc(-c4cccc(-c5cccc(-c6cccc(-c7nc(-c8ccccc8)cc(-c8ccccc8)n7)c6)c5)c4)n3)c2)cc1. The topological polar surface area (TPSA) is 64.5 Å². The van der Waals surface area contributed by atoms with Crippen molar-refractivity contribution in [2.75, 3.05) is 0 Å². The highest BCUT2D eigenvalue weighted by atomic mass is 15.0. The average molecular weight is 768 g/mol. The Kier molecular flexibility index (Phi) is 9.88. The summed E-state index contributed by atoms with van der Waals surface area (Å²) in [7, 11) is 0. The second-order valence-electron chi connectivity index (χ2n) is 14.6. The monoisotopic (exact) mass is 767 g/mol. The van der Waals surface area contributed by atoms with Crippen molar-refractivity contribution in [3.8, 4) is 101 Å². The highest BCUT2D eigenvalue weighted by Crippen LogP contribution is 2.34. The third-order valence-electron chi connectivity index (χ3n) is 10.5. The first-order valence-electron chi connectivity index (χ1n) is 20.0. The van der Waals surface area contributed by atoms with Gasteiger partial charge in [-0.1, -0.05) is 194 Å². The van der Waals surface area contributed by atoms with Crippen molar-refractivity contribution in [3.05, 3.63) is 224 Å². The van der Waals surface area contributed by atoms with E-state index in [1.807, 2.05) is 72.8 Å². The first-order valence-corrected chi connectivity index (χ1v) is 20.0. The lowest BCUT2D eigenvalue weighted by Crippen LogP contribution is -2.00. The molecule has 5 nitrogen and oxygen atoms in total. The van der Waals surface area contributed by atoms with Crippen molar-refractivity contribution >= 4 is 0 Å². The fourth-order valence-corrected chi connectivity index (χ4v) is 7.46. The quantitative estimate of drug-likeness (QED) is 0.146. The molecular weight excluding hydrogens is 731 g/mol. The minimum atomic E-state index is 0.613. The van der Waals surface area contributed by atoms with Crippen molar-refractivity contribution < 1.29 is 0 Å². The van der Waals surface area contributed by atoms with Gasteiger partial charge in [0.05, 0.1) is 11.4 Å². The van der Waals surface area contributed by atoms with Crippen LogP contribution in [0.1, 0.15) is 0 Å². The molecule has 0 aliphatic carbocycles. The summed E-state index contributed by atoms with van der Waals surface area (Å²) < 4.78 is 0. The number of rotatable bonds is 9. The molecule has 10 aromatic rings. The molecule has 5 heteroatoms. The maximum Gasteiger partial charge on any atom is 0.164 e. The Balaban J connectivity index is 1.01. The van der Waals surface area contributed by atoms with E-state index >= 15 is 0 Å². The van der Waals surface area contributed by atoms with Gasteiger partial charge in [-0.3, -0.25) is 0 Å². The van der Waals surface area contributed by atoms with Crippen molar-refractivity contribution in [1.29, 1.82) is 0 Å². The molecule has 8 aromatic carbocycles. The maximum atomic E-state index is 5.09. The molecule has 0 saturated carbocycles. The number of nitrogens with zero attached hydrogens (tertiary/aromatic N) is 5. The molecule has 0 unspecified atom stereocenters. The Labute approximate surface area is 349 Å². The van der Waals surface area contributed by atoms with E-state index < -0.39 is 0 Å². The molecule has 60 heavy (non-hydrogen) atoms. The summed E-state index contributed by atoms with van der Waals surface area (Å²) in [5.41, 5.74) is 14.1. The molecule has 2 heterocycles. The van der Waals surface area contributed by atoms with Crippen LogP contribution in [0.2, 0.25) is 0 Å². The highest BCUT2D eigenvalue weighted by Gasteiger charge is 2.15. The standard InChI is InChI=1S/C55H37N5/c1-5-17-38(18-6-1)42-25-14-31-48(34-42)54-58-52(41-23-11-4-12-24-41)59-55(60-54)49-32-16-29-46(36-49)44-27-13-26-43(33-44)45-28-15-30-47(35-45)53-56-50(39-19-7-2-8-20-39)37-51(57-53)40-21-9-3-10-22-40/h1-37H. The lowest BCUT2D eigenvalue weighted by Gasteiger charge is -2.12. The van der Waals surface area contributed by atoms with E-state index in [-0.39, 0.29) is 0 Å². The zero-order valence-electron chi connectivity index (χ0n) is 32.6. The number of hydrogen-bond donors (Lipinski definition) is 0. The van der Waals surface area contributed by atoms with E-state index in [0.717, 1.165) is 78.1 Å². The molecule has 282 valence electrons. The lowest BCUT2D eigenvalue weighted by atomic mass is 9.97. The molecule has 0 fully saturated rings. The minimum Gasteiger partial charge on any atom is -0.228 e. The third kappa shape index (κ3) is 7.76. The van der Waals surface area contributed by atoms with Crippen LogP contribution in [0, 0.1) is 0 Å². The second kappa shape index (κ2) is 16.4. The van der Waals surface area contributed by atoms with Crippen LogP contribution in [0.15, 0.2) is 224 Å². The van der Waals surface area contributed by atoms with E-state index in [1.165, 1.54) is 0 Å². The zero-order valence-corrected chi connectivity index (χ0v) is 32.6. The molecule has 0 aliphatic rings. The van der Waals surface area contributed by atoms with Gasteiger partial charge < -0.3 is 0 Å². The van der Waals surface area contributed by atoms with Gasteiger partial charge in [0.2, 0.25) is 0 Å². The number of aromatic nitrogens is 5. The molecule has 0 spiro atoms. The Morgan fingerprint density at radius 3 is 0.800 bits per heavy atom. The third-order valence-corrected chi connectivity index (χ3v) is 10.5. The fraction of sp³-hybridized carbons (Fsp3) is 0. The molecule has 10 rings (SSSR count). The fourth-order valence-electron chi connectivity index (χ4n) is 7.46. The van der Waals surface area contributed by atoms with Crippen LogP contribution in [0.4, 0.5) is 0 Å². The van der Waals surface area contributed by atoms with Crippen LogP contribution in [-0.2, 0) is 0 Å². The Morgan fingerprint density at radius 2 is 0.417 bits per heavy atom. The normalized spacial score (nSPS) is 11.0. The summed E-state index contributed by atoms with van der Waals surface area (Å²) in [5, 5.41) is 0. The first-order chi connectivity index (χ1) is 29.7. The largest absolute Gasteiger partial charge is 0.228 e. The first kappa shape index (κ1) is 36.2. The summed E-state index contributed by atoms with van der Waals surface area (Å²) in [6.07, 6.45) is 0. The zero-order chi connectivity index (χ0) is 40.1. The predicted octanol–water partition coefficient (Wildman–Crippen LogP) is 13.7. The molecule has 0 aliphatic heterocycles. The molecule has 0 amide bonds. The van der Waals surface area contributed by atoms with Crippen molar-refractivity contribution in [2.24, 2.45) is 0 Å². The van der Waals surface area contributed by atoms with Crippen molar-refractivity contribution in [1.82, 2.24) is 24.9 Å². The van der Waals surface area contributed by atoms with E-state index in [2.05, 4.69) is 152 Å². The van der Waals surface area contributed by atoms with Crippen LogP contribution in [0.5, 0.6) is 0 Å². The molecule has 2 aromatic heterocycles. The van der Waals surface area contributed by atoms with E-state index in [1.54, 1.807) is 0 Å². The van der Waals surface area contributed by atoms with Gasteiger partial charge >= 0.3 is 0 Å². The van der Waals surface area contributed by atoms with E-state index in [9.17, 15) is 0 Å². The van der Waals surface area contributed by atoms with Crippen LogP contribution in [0.25, 0.3) is 101 Å². The Morgan fingerprint density at radius 1 is 0.167 bits per heavy atom. The maximum absolute atomic E-state index is 5.09. The van der Waals surface area contributed by atoms with E-state index in [0.29, 0.717) is 23.3 Å². The summed E-state index contributed by atoms with van der Waals surface area (Å²) >= 11 is 0. The molecule has 0 saturated heterocycles. The Hall–Kier alpha value is -8.15. The number of benzene rings is 8. The van der Waals surface area contributed by atoms with Crippen LogP contribution in [0.3, 0.4) is 0 Å². The van der Waals surface area contributed by atoms with Crippen molar-refractivity contribution in [3.63, 3.8) is 0 Å². The molecular formula is C55H37N5. The van der Waals surface area contributed by atoms with Gasteiger partial charge in [0.25, 0.3) is 0 Å². The van der Waals surface area contributed by atoms with Gasteiger partial charge in [-0.15, -0.1) is 0 Å². The average Bonchev–Trinajstić information content (AvgIpc) is 3.35. The second-order valence-corrected chi connectivity index (χ2v) is 14.6. The van der Waals surface area contributed by atoms with Crippen LogP contribution < -0.4 is 0 Å². The Bertz CT molecular complexity index is 3020. The molecule has 0 N–H and O–H groups in total. The summed E-state index contributed by atoms with van der Waals surface area (Å²) in [5.74, 6) is 2.54.